The van der Waals surface area contributed by atoms with Gasteiger partial charge in [0.1, 0.15) is 11.5 Å². The number of nitrogens with zero attached hydrogens (tertiary/aromatic N) is 4. The van der Waals surface area contributed by atoms with Gasteiger partial charge in [0.05, 0.1) is 35.8 Å². The Hall–Kier alpha value is -5.06. The van der Waals surface area contributed by atoms with Crippen LogP contribution in [-0.4, -0.2) is 47.1 Å². The molecule has 11 heteroatoms. The summed E-state index contributed by atoms with van der Waals surface area (Å²) >= 11 is 0. The number of fused-ring (bicyclic) bond motifs is 1. The van der Waals surface area contributed by atoms with E-state index in [4.69, 9.17) is 14.5 Å². The number of carbonyl (C=O) groups excluding carboxylic acids is 1. The number of nitro benzene ring substituents is 1. The van der Waals surface area contributed by atoms with Crippen LogP contribution in [0.3, 0.4) is 0 Å². The van der Waals surface area contributed by atoms with E-state index < -0.39 is 23.1 Å². The first-order valence-electron chi connectivity index (χ1n) is 13.0. The molecule has 212 valence electrons. The van der Waals surface area contributed by atoms with E-state index in [1.54, 1.807) is 24.3 Å². The minimum absolute atomic E-state index is 0.124. The maximum Gasteiger partial charge on any atom is 0.343 e. The van der Waals surface area contributed by atoms with Crippen molar-refractivity contribution >= 4 is 28.8 Å². The molecule has 0 saturated carbocycles. The third-order valence-electron chi connectivity index (χ3n) is 6.36. The van der Waals surface area contributed by atoms with Crippen molar-refractivity contribution in [1.29, 1.82) is 0 Å². The highest BCUT2D eigenvalue weighted by Gasteiger charge is 2.19. The maximum atomic E-state index is 13.7. The molecule has 1 aromatic heterocycles. The number of aromatic nitrogens is 2. The summed E-state index contributed by atoms with van der Waals surface area (Å²) < 4.78 is 17.2. The number of nitro groups is 1. The van der Waals surface area contributed by atoms with Gasteiger partial charge in [-0.3, -0.25) is 14.9 Å². The molecule has 0 atom stereocenters. The molecule has 0 saturated heterocycles. The topological polar surface area (TPSA) is 135 Å². The van der Waals surface area contributed by atoms with Crippen molar-refractivity contribution in [1.82, 2.24) is 9.66 Å². The van der Waals surface area contributed by atoms with Gasteiger partial charge in [0, 0.05) is 23.3 Å². The highest BCUT2D eigenvalue weighted by Crippen LogP contribution is 2.34. The number of rotatable bonds is 10. The second-order valence-electron chi connectivity index (χ2n) is 9.45. The van der Waals surface area contributed by atoms with Crippen LogP contribution in [0, 0.1) is 17.0 Å². The Kier molecular flexibility index (Phi) is 8.76. The zero-order valence-electron chi connectivity index (χ0n) is 23.4. The number of non-ortho nitro benzene ring substituents is 1. The third kappa shape index (κ3) is 6.24. The summed E-state index contributed by atoms with van der Waals surface area (Å²) in [7, 11) is 1.22. The molecule has 0 aliphatic rings. The lowest BCUT2D eigenvalue weighted by Crippen LogP contribution is -2.21. The second-order valence-corrected chi connectivity index (χ2v) is 9.45. The van der Waals surface area contributed by atoms with Crippen LogP contribution >= 0.6 is 0 Å². The van der Waals surface area contributed by atoms with Gasteiger partial charge in [0.15, 0.2) is 12.4 Å². The number of hydrogen-bond donors (Lipinski definition) is 0. The molecule has 4 rings (SSSR count). The van der Waals surface area contributed by atoms with E-state index in [2.05, 4.69) is 9.84 Å². The third-order valence-corrected chi connectivity index (χ3v) is 6.36. The smallest absolute Gasteiger partial charge is 0.343 e. The lowest BCUT2D eigenvalue weighted by Gasteiger charge is -2.18. The number of para-hydroxylation sites is 1. The molecule has 0 spiro atoms. The SMILES string of the molecule is CCOc1cc(C)c(-c2nc3ccccc3c(=O)n2N=Cc2cc([N+](=O)[O-])ccc2OCC(=O)OC)cc1C(C)C. The fourth-order valence-corrected chi connectivity index (χ4v) is 4.27. The molecule has 0 N–H and O–H groups in total. The summed E-state index contributed by atoms with van der Waals surface area (Å²) in [5, 5.41) is 16.3. The Labute approximate surface area is 236 Å². The van der Waals surface area contributed by atoms with Crippen LogP contribution < -0.4 is 15.0 Å². The van der Waals surface area contributed by atoms with Crippen molar-refractivity contribution < 1.29 is 23.9 Å². The molecule has 41 heavy (non-hydrogen) atoms. The van der Waals surface area contributed by atoms with Crippen LogP contribution in [0.25, 0.3) is 22.3 Å². The zero-order chi connectivity index (χ0) is 29.7. The molecule has 0 aliphatic carbocycles. The Bertz CT molecular complexity index is 1710. The number of benzene rings is 3. The normalized spacial score (nSPS) is 11.3. The van der Waals surface area contributed by atoms with E-state index in [9.17, 15) is 19.7 Å². The first-order chi connectivity index (χ1) is 19.6. The average molecular weight is 559 g/mol. The van der Waals surface area contributed by atoms with Crippen LogP contribution in [0.4, 0.5) is 5.69 Å². The zero-order valence-corrected chi connectivity index (χ0v) is 23.4. The number of carbonyl (C=O) groups is 1. The number of methoxy groups -OCH3 is 1. The molecular formula is C30H30N4O7. The second kappa shape index (κ2) is 12.4. The lowest BCUT2D eigenvalue weighted by atomic mass is 9.96. The van der Waals surface area contributed by atoms with Crippen LogP contribution in [-0.2, 0) is 9.53 Å². The summed E-state index contributed by atoms with van der Waals surface area (Å²) in [4.78, 5) is 41.1. The number of ether oxygens (including phenoxy) is 3. The highest BCUT2D eigenvalue weighted by atomic mass is 16.6. The van der Waals surface area contributed by atoms with Crippen LogP contribution in [0.5, 0.6) is 11.5 Å². The first-order valence-corrected chi connectivity index (χ1v) is 13.0. The Balaban J connectivity index is 1.94. The molecule has 3 aromatic carbocycles. The lowest BCUT2D eigenvalue weighted by molar-refractivity contribution is -0.384. The Morgan fingerprint density at radius 3 is 2.56 bits per heavy atom. The summed E-state index contributed by atoms with van der Waals surface area (Å²) in [6.45, 7) is 8.01. The van der Waals surface area contributed by atoms with Crippen molar-refractivity contribution in [2.45, 2.75) is 33.6 Å². The van der Waals surface area contributed by atoms with E-state index in [1.165, 1.54) is 31.5 Å². The van der Waals surface area contributed by atoms with Crippen LogP contribution in [0.1, 0.15) is 43.4 Å². The largest absolute Gasteiger partial charge is 0.494 e. The maximum absolute atomic E-state index is 13.7. The highest BCUT2D eigenvalue weighted by molar-refractivity contribution is 5.86. The van der Waals surface area contributed by atoms with Crippen LogP contribution in [0.15, 0.2) is 64.5 Å². The average Bonchev–Trinajstić information content (AvgIpc) is 2.95. The molecule has 0 bridgehead atoms. The molecule has 0 unspecified atom stereocenters. The van der Waals surface area contributed by atoms with Gasteiger partial charge in [0.2, 0.25) is 0 Å². The van der Waals surface area contributed by atoms with E-state index in [1.807, 2.05) is 39.8 Å². The summed E-state index contributed by atoms with van der Waals surface area (Å²) in [6.07, 6.45) is 1.27. The quantitative estimate of drug-likeness (QED) is 0.112. The number of esters is 1. The van der Waals surface area contributed by atoms with Crippen molar-refractivity contribution in [3.8, 4) is 22.9 Å². The molecule has 0 aliphatic heterocycles. The first kappa shape index (κ1) is 28.9. The summed E-state index contributed by atoms with van der Waals surface area (Å²) in [6, 6.07) is 14.7. The standard InChI is InChI=1S/C30H30N4O7/c1-6-40-27-13-19(4)24(15-23(27)18(2)3)29-32-25-10-8-7-9-22(25)30(36)33(29)31-16-20-14-21(34(37)38)11-12-26(20)41-17-28(35)39-5/h7-16,18H,6,17H2,1-5H3. The van der Waals surface area contributed by atoms with E-state index in [0.29, 0.717) is 23.1 Å². The molecule has 1 heterocycles. The van der Waals surface area contributed by atoms with Crippen molar-refractivity contribution in [3.05, 3.63) is 91.8 Å². The molecule has 0 fully saturated rings. The number of hydrogen-bond acceptors (Lipinski definition) is 9. The summed E-state index contributed by atoms with van der Waals surface area (Å²) in [5.41, 5.74) is 2.48. The van der Waals surface area contributed by atoms with Gasteiger partial charge in [0.25, 0.3) is 11.2 Å². The van der Waals surface area contributed by atoms with Gasteiger partial charge in [-0.25, -0.2) is 9.78 Å². The van der Waals surface area contributed by atoms with Crippen molar-refractivity contribution in [2.24, 2.45) is 5.10 Å². The van der Waals surface area contributed by atoms with E-state index in [-0.39, 0.29) is 28.7 Å². The monoisotopic (exact) mass is 558 g/mol. The molecule has 0 radical (unpaired) electrons. The van der Waals surface area contributed by atoms with E-state index >= 15 is 0 Å². The number of aryl methyl sites for hydroxylation is 1. The van der Waals surface area contributed by atoms with E-state index in [0.717, 1.165) is 21.6 Å². The van der Waals surface area contributed by atoms with Crippen molar-refractivity contribution in [2.75, 3.05) is 20.3 Å². The fraction of sp³-hybridized carbons (Fsp3) is 0.267. The van der Waals surface area contributed by atoms with Gasteiger partial charge in [-0.1, -0.05) is 26.0 Å². The Morgan fingerprint density at radius 1 is 1.12 bits per heavy atom. The summed E-state index contributed by atoms with van der Waals surface area (Å²) in [5.74, 6) is 0.683. The van der Waals surface area contributed by atoms with Gasteiger partial charge < -0.3 is 14.2 Å². The predicted octanol–water partition coefficient (Wildman–Crippen LogP) is 5.24. The molecular weight excluding hydrogens is 528 g/mol. The minimum atomic E-state index is -0.629. The Morgan fingerprint density at radius 2 is 1.88 bits per heavy atom. The van der Waals surface area contributed by atoms with Crippen molar-refractivity contribution in [3.63, 3.8) is 0 Å². The van der Waals surface area contributed by atoms with Gasteiger partial charge in [-0.15, -0.1) is 0 Å². The van der Waals surface area contributed by atoms with Gasteiger partial charge in [-0.2, -0.15) is 9.78 Å². The molecule has 4 aromatic rings. The molecule has 0 amide bonds. The van der Waals surface area contributed by atoms with Gasteiger partial charge in [-0.05, 0) is 61.2 Å². The molecule has 11 nitrogen and oxygen atoms in total. The fourth-order valence-electron chi connectivity index (χ4n) is 4.27. The van der Waals surface area contributed by atoms with Crippen LogP contribution in [0.2, 0.25) is 0 Å². The predicted molar refractivity (Wildman–Crippen MR) is 155 cm³/mol. The van der Waals surface area contributed by atoms with Gasteiger partial charge >= 0.3 is 5.97 Å². The minimum Gasteiger partial charge on any atom is -0.494 e.